The molecule has 0 aliphatic carbocycles. The molecule has 0 saturated carbocycles. The van der Waals surface area contributed by atoms with Gasteiger partial charge in [0.2, 0.25) is 0 Å². The lowest BCUT2D eigenvalue weighted by molar-refractivity contribution is 0.0940. The van der Waals surface area contributed by atoms with E-state index >= 15 is 0 Å². The molecule has 8 heteroatoms. The lowest BCUT2D eigenvalue weighted by Gasteiger charge is -2.21. The van der Waals surface area contributed by atoms with Crippen molar-refractivity contribution in [2.75, 3.05) is 19.8 Å². The summed E-state index contributed by atoms with van der Waals surface area (Å²) in [4.78, 5) is 18.7. The molecule has 0 unspecified atom stereocenters. The normalized spacial score (nSPS) is 13.6. The van der Waals surface area contributed by atoms with Crippen molar-refractivity contribution < 1.29 is 19.0 Å². The summed E-state index contributed by atoms with van der Waals surface area (Å²) < 4.78 is 19.9. The molecule has 0 bridgehead atoms. The van der Waals surface area contributed by atoms with E-state index in [-0.39, 0.29) is 11.9 Å². The van der Waals surface area contributed by atoms with Gasteiger partial charge in [0.15, 0.2) is 16.5 Å². The number of fused-ring (bicyclic) bond motifs is 4. The third kappa shape index (κ3) is 4.13. The number of rotatable bonds is 6. The van der Waals surface area contributed by atoms with E-state index in [2.05, 4.69) is 9.72 Å². The molecular formula is C28H25N3O4S. The molecule has 3 aromatic carbocycles. The minimum atomic E-state index is -0.179. The molecule has 1 N–H and O–H groups in total. The summed E-state index contributed by atoms with van der Waals surface area (Å²) in [6.07, 6.45) is 2.04. The van der Waals surface area contributed by atoms with Gasteiger partial charge in [-0.2, -0.15) is 0 Å². The van der Waals surface area contributed by atoms with Crippen molar-refractivity contribution >= 4 is 32.4 Å². The maximum Gasteiger partial charge on any atom is 0.251 e. The number of benzene rings is 3. The first-order chi connectivity index (χ1) is 17.6. The second-order valence-corrected chi connectivity index (χ2v) is 9.63. The first-order valence-electron chi connectivity index (χ1n) is 11.9. The van der Waals surface area contributed by atoms with Crippen LogP contribution in [0.4, 0.5) is 0 Å². The molecule has 0 spiro atoms. The fourth-order valence-electron chi connectivity index (χ4n) is 4.36. The number of nitrogens with one attached hydrogen (secondary N) is 1. The molecule has 0 saturated heterocycles. The first-order valence-corrected chi connectivity index (χ1v) is 12.8. The van der Waals surface area contributed by atoms with Gasteiger partial charge in [0.1, 0.15) is 19.0 Å². The van der Waals surface area contributed by atoms with E-state index in [1.54, 1.807) is 11.3 Å². The van der Waals surface area contributed by atoms with Crippen LogP contribution in [-0.2, 0) is 0 Å². The van der Waals surface area contributed by atoms with Gasteiger partial charge in [0.25, 0.3) is 5.91 Å². The van der Waals surface area contributed by atoms with Crippen LogP contribution in [0.1, 0.15) is 35.8 Å². The predicted octanol–water partition coefficient (Wildman–Crippen LogP) is 5.88. The summed E-state index contributed by atoms with van der Waals surface area (Å²) in [5.74, 6) is 2.18. The maximum atomic E-state index is 13.0. The lowest BCUT2D eigenvalue weighted by atomic mass is 10.1. The number of hydrogen-bond acceptors (Lipinski definition) is 6. The molecule has 7 nitrogen and oxygen atoms in total. The van der Waals surface area contributed by atoms with E-state index < -0.39 is 0 Å². The minimum Gasteiger partial charge on any atom is -0.494 e. The molecule has 36 heavy (non-hydrogen) atoms. The van der Waals surface area contributed by atoms with E-state index in [1.807, 2.05) is 80.7 Å². The van der Waals surface area contributed by atoms with Gasteiger partial charge in [0.05, 0.1) is 28.6 Å². The number of carbonyl (C=O) groups is 1. The van der Waals surface area contributed by atoms with Crippen LogP contribution >= 0.6 is 11.3 Å². The third-order valence-electron chi connectivity index (χ3n) is 6.23. The Balaban J connectivity index is 1.21. The highest BCUT2D eigenvalue weighted by atomic mass is 32.1. The van der Waals surface area contributed by atoms with Crippen molar-refractivity contribution in [2.24, 2.45) is 0 Å². The Hall–Kier alpha value is -4.04. The quantitative estimate of drug-likeness (QED) is 0.316. The third-order valence-corrected chi connectivity index (χ3v) is 7.25. The van der Waals surface area contributed by atoms with Crippen LogP contribution in [0.2, 0.25) is 0 Å². The summed E-state index contributed by atoms with van der Waals surface area (Å²) in [5.41, 5.74) is 4.54. The Morgan fingerprint density at radius 3 is 2.69 bits per heavy atom. The molecule has 1 aliphatic heterocycles. The monoisotopic (exact) mass is 499 g/mol. The number of carbonyl (C=O) groups excluding carboxylic acids is 1. The van der Waals surface area contributed by atoms with Crippen LogP contribution in [0.5, 0.6) is 17.2 Å². The molecule has 1 atom stereocenters. The second-order valence-electron chi connectivity index (χ2n) is 8.62. The van der Waals surface area contributed by atoms with Crippen molar-refractivity contribution in [3.05, 3.63) is 78.0 Å². The Morgan fingerprint density at radius 1 is 1.08 bits per heavy atom. The molecule has 0 radical (unpaired) electrons. The molecule has 0 fully saturated rings. The second kappa shape index (κ2) is 9.20. The molecular weight excluding hydrogens is 474 g/mol. The van der Waals surface area contributed by atoms with Crippen molar-refractivity contribution in [3.63, 3.8) is 0 Å². The fourth-order valence-corrected chi connectivity index (χ4v) is 5.41. The molecule has 1 amide bonds. The predicted molar refractivity (Wildman–Crippen MR) is 140 cm³/mol. The van der Waals surface area contributed by atoms with Crippen LogP contribution in [0, 0.1) is 0 Å². The SMILES string of the molecule is CCOc1ccc(-c2cn3c(n2)sc2cc(C(=O)N[C@H](C)c4ccc5c(c4)OCCO5)ccc23)cc1. The highest BCUT2D eigenvalue weighted by molar-refractivity contribution is 7.23. The number of nitrogens with zero attached hydrogens (tertiary/aromatic N) is 2. The van der Waals surface area contributed by atoms with E-state index in [1.165, 1.54) is 0 Å². The molecule has 5 aromatic rings. The largest absolute Gasteiger partial charge is 0.494 e. The van der Waals surface area contributed by atoms with Crippen LogP contribution in [0.15, 0.2) is 66.9 Å². The van der Waals surface area contributed by atoms with Crippen LogP contribution < -0.4 is 19.5 Å². The topological polar surface area (TPSA) is 74.1 Å². The van der Waals surface area contributed by atoms with Gasteiger partial charge < -0.3 is 19.5 Å². The summed E-state index contributed by atoms with van der Waals surface area (Å²) in [6, 6.07) is 19.3. The van der Waals surface area contributed by atoms with Crippen molar-refractivity contribution in [3.8, 4) is 28.5 Å². The first kappa shape index (κ1) is 22.4. The van der Waals surface area contributed by atoms with Crippen molar-refractivity contribution in [1.29, 1.82) is 0 Å². The van der Waals surface area contributed by atoms with Gasteiger partial charge in [-0.1, -0.05) is 17.4 Å². The minimum absolute atomic E-state index is 0.125. The standard InChI is InChI=1S/C28H25N3O4S/c1-3-33-21-8-4-18(5-9-21)22-16-31-23-10-6-20(15-26(23)36-28(31)30-22)27(32)29-17(2)19-7-11-24-25(14-19)35-13-12-34-24/h4-11,14-17H,3,12-13H2,1-2H3,(H,29,32)/t17-/m1/s1. The summed E-state index contributed by atoms with van der Waals surface area (Å²) in [6.45, 7) is 5.66. The molecule has 6 rings (SSSR count). The zero-order valence-electron chi connectivity index (χ0n) is 20.0. The molecule has 3 heterocycles. The Bertz CT molecular complexity index is 1570. The number of thiazole rings is 1. The van der Waals surface area contributed by atoms with Crippen LogP contribution in [0.25, 0.3) is 26.4 Å². The average Bonchev–Trinajstić information content (AvgIpc) is 3.47. The average molecular weight is 500 g/mol. The number of imidazole rings is 1. The zero-order chi connectivity index (χ0) is 24.6. The lowest BCUT2D eigenvalue weighted by Crippen LogP contribution is -2.26. The summed E-state index contributed by atoms with van der Waals surface area (Å²) in [7, 11) is 0. The van der Waals surface area contributed by atoms with Gasteiger partial charge >= 0.3 is 0 Å². The van der Waals surface area contributed by atoms with E-state index in [9.17, 15) is 4.79 Å². The van der Waals surface area contributed by atoms with Gasteiger partial charge in [0, 0.05) is 17.3 Å². The van der Waals surface area contributed by atoms with Crippen LogP contribution in [-0.4, -0.2) is 35.1 Å². The smallest absolute Gasteiger partial charge is 0.251 e. The van der Waals surface area contributed by atoms with Gasteiger partial charge in [-0.15, -0.1) is 0 Å². The number of ether oxygens (including phenoxy) is 3. The highest BCUT2D eigenvalue weighted by Crippen LogP contribution is 2.33. The molecule has 2 aromatic heterocycles. The summed E-state index contributed by atoms with van der Waals surface area (Å²) in [5, 5.41) is 3.09. The van der Waals surface area contributed by atoms with E-state index in [0.717, 1.165) is 43.5 Å². The highest BCUT2D eigenvalue weighted by Gasteiger charge is 2.18. The van der Waals surface area contributed by atoms with Crippen molar-refractivity contribution in [1.82, 2.24) is 14.7 Å². The van der Waals surface area contributed by atoms with Crippen LogP contribution in [0.3, 0.4) is 0 Å². The van der Waals surface area contributed by atoms with Gasteiger partial charge in [-0.3, -0.25) is 9.20 Å². The number of hydrogen-bond donors (Lipinski definition) is 1. The number of aromatic nitrogens is 2. The Morgan fingerprint density at radius 2 is 1.89 bits per heavy atom. The van der Waals surface area contributed by atoms with E-state index in [4.69, 9.17) is 19.2 Å². The number of amides is 1. The van der Waals surface area contributed by atoms with Gasteiger partial charge in [-0.05, 0) is 74.0 Å². The summed E-state index contributed by atoms with van der Waals surface area (Å²) >= 11 is 1.57. The fraction of sp³-hybridized carbons (Fsp3) is 0.214. The Labute approximate surface area is 212 Å². The zero-order valence-corrected chi connectivity index (χ0v) is 20.8. The van der Waals surface area contributed by atoms with Gasteiger partial charge in [-0.25, -0.2) is 4.98 Å². The van der Waals surface area contributed by atoms with E-state index in [0.29, 0.717) is 31.1 Å². The molecule has 1 aliphatic rings. The maximum absolute atomic E-state index is 13.0. The molecule has 182 valence electrons. The Kier molecular flexibility index (Phi) is 5.73. The van der Waals surface area contributed by atoms with Crippen molar-refractivity contribution in [2.45, 2.75) is 19.9 Å².